The fraction of sp³-hybridized carbons (Fsp3) is 0.318. The van der Waals surface area contributed by atoms with E-state index in [9.17, 15) is 9.59 Å². The molecule has 25 heavy (non-hydrogen) atoms. The Morgan fingerprint density at radius 3 is 2.12 bits per heavy atom. The van der Waals surface area contributed by atoms with Crippen molar-refractivity contribution < 1.29 is 9.59 Å². The van der Waals surface area contributed by atoms with E-state index in [1.165, 1.54) is 0 Å². The number of ketones is 2. The van der Waals surface area contributed by atoms with Crippen molar-refractivity contribution in [2.24, 2.45) is 0 Å². The van der Waals surface area contributed by atoms with Crippen molar-refractivity contribution in [2.45, 2.75) is 44.9 Å². The van der Waals surface area contributed by atoms with Gasteiger partial charge in [-0.25, -0.2) is 0 Å². The van der Waals surface area contributed by atoms with Crippen LogP contribution in [0.25, 0.3) is 0 Å². The Morgan fingerprint density at radius 1 is 0.880 bits per heavy atom. The molecule has 0 saturated heterocycles. The summed E-state index contributed by atoms with van der Waals surface area (Å²) in [6, 6.07) is 14.8. The molecule has 0 fully saturated rings. The maximum Gasteiger partial charge on any atom is 0.194 e. The van der Waals surface area contributed by atoms with Gasteiger partial charge in [0.15, 0.2) is 11.6 Å². The molecular formula is C22H21NO2. The summed E-state index contributed by atoms with van der Waals surface area (Å²) in [5.74, 6) is -0.157. The normalized spacial score (nSPS) is 13.2. The first-order valence-electron chi connectivity index (χ1n) is 8.65. The quantitative estimate of drug-likeness (QED) is 0.630. The van der Waals surface area contributed by atoms with Crippen LogP contribution in [0, 0.1) is 11.3 Å². The third-order valence-corrected chi connectivity index (χ3v) is 5.05. The average Bonchev–Trinajstić information content (AvgIpc) is 2.63. The van der Waals surface area contributed by atoms with Crippen LogP contribution in [0.5, 0.6) is 0 Å². The summed E-state index contributed by atoms with van der Waals surface area (Å²) >= 11 is 0. The number of nitrogens with zero attached hydrogens (tertiary/aromatic N) is 1. The van der Waals surface area contributed by atoms with Gasteiger partial charge in [0.2, 0.25) is 0 Å². The van der Waals surface area contributed by atoms with Crippen molar-refractivity contribution in [3.8, 4) is 6.07 Å². The Labute approximate surface area is 148 Å². The first-order valence-corrected chi connectivity index (χ1v) is 8.65. The van der Waals surface area contributed by atoms with E-state index in [2.05, 4.69) is 19.9 Å². The summed E-state index contributed by atoms with van der Waals surface area (Å²) in [5, 5.41) is 8.66. The second-order valence-corrected chi connectivity index (χ2v) is 7.21. The van der Waals surface area contributed by atoms with E-state index >= 15 is 0 Å². The van der Waals surface area contributed by atoms with Gasteiger partial charge in [0.05, 0.1) is 6.07 Å². The molecule has 0 spiro atoms. The fourth-order valence-electron chi connectivity index (χ4n) is 3.44. The molecule has 0 atom stereocenters. The third kappa shape index (κ3) is 3.13. The lowest BCUT2D eigenvalue weighted by molar-refractivity contribution is 0.0979. The molecule has 3 heteroatoms. The molecular weight excluding hydrogens is 310 g/mol. The van der Waals surface area contributed by atoms with Crippen molar-refractivity contribution in [2.75, 3.05) is 0 Å². The first kappa shape index (κ1) is 17.1. The number of fused-ring (bicyclic) bond motifs is 2. The highest BCUT2D eigenvalue weighted by atomic mass is 16.1. The van der Waals surface area contributed by atoms with Crippen LogP contribution in [-0.4, -0.2) is 11.6 Å². The van der Waals surface area contributed by atoms with Gasteiger partial charge in [-0.05, 0) is 36.0 Å². The molecule has 0 aliphatic heterocycles. The Hall–Kier alpha value is -2.73. The van der Waals surface area contributed by atoms with Crippen molar-refractivity contribution in [1.29, 1.82) is 5.26 Å². The molecule has 1 aliphatic rings. The van der Waals surface area contributed by atoms with E-state index in [0.29, 0.717) is 28.7 Å². The molecule has 0 radical (unpaired) electrons. The van der Waals surface area contributed by atoms with E-state index in [0.717, 1.165) is 24.8 Å². The second kappa shape index (κ2) is 6.64. The van der Waals surface area contributed by atoms with Gasteiger partial charge in [0, 0.05) is 28.7 Å². The number of nitriles is 1. The summed E-state index contributed by atoms with van der Waals surface area (Å²) in [7, 11) is 0. The molecule has 0 N–H and O–H groups in total. The molecule has 126 valence electrons. The lowest BCUT2D eigenvalue weighted by Crippen LogP contribution is -2.23. The number of carbonyl (C=O) groups is 2. The fourth-order valence-corrected chi connectivity index (χ4v) is 3.44. The summed E-state index contributed by atoms with van der Waals surface area (Å²) in [6.07, 6.45) is 3.36. The molecule has 0 amide bonds. The average molecular weight is 331 g/mol. The number of hydrogen-bond acceptors (Lipinski definition) is 3. The highest BCUT2D eigenvalue weighted by molar-refractivity contribution is 6.28. The Balaban J connectivity index is 1.93. The minimum absolute atomic E-state index is 0.0765. The van der Waals surface area contributed by atoms with Gasteiger partial charge in [-0.15, -0.1) is 0 Å². The Bertz CT molecular complexity index is 887. The van der Waals surface area contributed by atoms with Gasteiger partial charge in [0.25, 0.3) is 0 Å². The minimum Gasteiger partial charge on any atom is -0.289 e. The minimum atomic E-state index is -0.106. The maximum absolute atomic E-state index is 12.8. The zero-order valence-electron chi connectivity index (χ0n) is 14.6. The van der Waals surface area contributed by atoms with E-state index in [1.54, 1.807) is 30.3 Å². The second-order valence-electron chi connectivity index (χ2n) is 7.21. The van der Waals surface area contributed by atoms with E-state index < -0.39 is 0 Å². The predicted octanol–water partition coefficient (Wildman–Crippen LogP) is 4.82. The molecule has 0 aromatic heterocycles. The van der Waals surface area contributed by atoms with Crippen molar-refractivity contribution >= 4 is 11.6 Å². The lowest BCUT2D eigenvalue weighted by atomic mass is 9.76. The first-order chi connectivity index (χ1) is 12.0. The van der Waals surface area contributed by atoms with E-state index in [4.69, 9.17) is 5.26 Å². The van der Waals surface area contributed by atoms with Crippen molar-refractivity contribution in [1.82, 2.24) is 0 Å². The van der Waals surface area contributed by atoms with Gasteiger partial charge < -0.3 is 0 Å². The van der Waals surface area contributed by atoms with Crippen LogP contribution in [-0.2, 0) is 5.41 Å². The van der Waals surface area contributed by atoms with Gasteiger partial charge >= 0.3 is 0 Å². The van der Waals surface area contributed by atoms with Crippen LogP contribution in [0.1, 0.15) is 76.9 Å². The number of carbonyl (C=O) groups excluding carboxylic acids is 2. The highest BCUT2D eigenvalue weighted by Gasteiger charge is 2.31. The molecule has 0 unspecified atom stereocenters. The van der Waals surface area contributed by atoms with Crippen LogP contribution < -0.4 is 0 Å². The molecule has 0 saturated carbocycles. The van der Waals surface area contributed by atoms with Crippen LogP contribution in [0.4, 0.5) is 0 Å². The van der Waals surface area contributed by atoms with E-state index in [1.807, 2.05) is 12.1 Å². The molecule has 3 rings (SSSR count). The molecule has 2 aromatic rings. The monoisotopic (exact) mass is 331 g/mol. The third-order valence-electron chi connectivity index (χ3n) is 5.05. The van der Waals surface area contributed by atoms with Gasteiger partial charge in [-0.1, -0.05) is 50.6 Å². The predicted molar refractivity (Wildman–Crippen MR) is 96.9 cm³/mol. The molecule has 0 bridgehead atoms. The smallest absolute Gasteiger partial charge is 0.194 e. The zero-order chi connectivity index (χ0) is 18.0. The summed E-state index contributed by atoms with van der Waals surface area (Å²) in [6.45, 7) is 4.29. The summed E-state index contributed by atoms with van der Waals surface area (Å²) < 4.78 is 0. The number of unbranched alkanes of at least 4 members (excludes halogenated alkanes) is 2. The van der Waals surface area contributed by atoms with Gasteiger partial charge in [0.1, 0.15) is 0 Å². The van der Waals surface area contributed by atoms with E-state index in [-0.39, 0.29) is 17.0 Å². The van der Waals surface area contributed by atoms with Gasteiger partial charge in [-0.2, -0.15) is 5.26 Å². The van der Waals surface area contributed by atoms with Gasteiger partial charge in [-0.3, -0.25) is 9.59 Å². The van der Waals surface area contributed by atoms with Crippen molar-refractivity contribution in [3.05, 3.63) is 70.3 Å². The van der Waals surface area contributed by atoms with Crippen LogP contribution >= 0.6 is 0 Å². The Kier molecular flexibility index (Phi) is 4.55. The van der Waals surface area contributed by atoms with Crippen molar-refractivity contribution in [3.63, 3.8) is 0 Å². The van der Waals surface area contributed by atoms with Crippen LogP contribution in [0.15, 0.2) is 42.5 Å². The summed E-state index contributed by atoms with van der Waals surface area (Å²) in [5.41, 5.74) is 2.93. The van der Waals surface area contributed by atoms with Crippen LogP contribution in [0.2, 0.25) is 0 Å². The molecule has 2 aromatic carbocycles. The largest absolute Gasteiger partial charge is 0.289 e. The number of hydrogen-bond donors (Lipinski definition) is 0. The highest BCUT2D eigenvalue weighted by Crippen LogP contribution is 2.34. The lowest BCUT2D eigenvalue weighted by Gasteiger charge is -2.27. The SMILES string of the molecule is CC(C)(CCCCC#N)c1ccc2c(c1)C(=O)c1ccccc1C2=O. The standard InChI is InChI=1S/C22H21NO2/c1-22(2,12-6-3-7-13-23)15-10-11-18-19(14-15)21(25)17-9-5-4-8-16(17)20(18)24/h4-5,8-11,14H,3,6-7,12H2,1-2H3. The molecule has 0 heterocycles. The summed E-state index contributed by atoms with van der Waals surface area (Å²) in [4.78, 5) is 25.5. The molecule has 1 aliphatic carbocycles. The molecule has 3 nitrogen and oxygen atoms in total. The topological polar surface area (TPSA) is 57.9 Å². The maximum atomic E-state index is 12.8. The number of rotatable bonds is 5. The zero-order valence-corrected chi connectivity index (χ0v) is 14.6. The van der Waals surface area contributed by atoms with Crippen LogP contribution in [0.3, 0.4) is 0 Å². The Morgan fingerprint density at radius 2 is 1.48 bits per heavy atom. The number of benzene rings is 2.